The smallest absolute Gasteiger partial charge is 0.148 e. The molecule has 2 aliphatic carbocycles. The van der Waals surface area contributed by atoms with Crippen LogP contribution in [0.2, 0.25) is 13.1 Å². The molecule has 0 amide bonds. The Kier molecular flexibility index (Phi) is 4.32. The molecule has 3 heteroatoms. The molecule has 2 fully saturated rings. The lowest BCUT2D eigenvalue weighted by Gasteiger charge is -2.42. The van der Waals surface area contributed by atoms with E-state index in [0.29, 0.717) is 0 Å². The lowest BCUT2D eigenvalue weighted by atomic mass is 9.87. The van der Waals surface area contributed by atoms with Crippen LogP contribution >= 0.6 is 0 Å². The molecule has 0 bridgehead atoms. The van der Waals surface area contributed by atoms with Crippen molar-refractivity contribution in [1.82, 2.24) is 9.88 Å². The normalized spacial score (nSPS) is 29.4. The van der Waals surface area contributed by atoms with E-state index in [1.165, 1.54) is 45.2 Å². The quantitative estimate of drug-likeness (QED) is 0.773. The van der Waals surface area contributed by atoms with E-state index in [0.717, 1.165) is 11.8 Å². The van der Waals surface area contributed by atoms with Crippen LogP contribution in [0, 0.1) is 11.8 Å². The molecule has 0 spiro atoms. The zero-order valence-corrected chi connectivity index (χ0v) is 16.2. The lowest BCUT2D eigenvalue weighted by Crippen LogP contribution is -2.57. The van der Waals surface area contributed by atoms with Gasteiger partial charge >= 0.3 is 0 Å². The molecule has 1 heterocycles. The maximum atomic E-state index is 3.99. The number of hydrogen-bond donors (Lipinski definition) is 1. The van der Waals surface area contributed by atoms with Gasteiger partial charge in [-0.05, 0) is 58.4 Å². The molecular weight excluding hydrogens is 284 g/mol. The summed E-state index contributed by atoms with van der Waals surface area (Å²) in [5.41, 5.74) is 1.88. The third kappa shape index (κ3) is 3.21. The van der Waals surface area contributed by atoms with Gasteiger partial charge in [-0.1, -0.05) is 30.8 Å². The van der Waals surface area contributed by atoms with E-state index < -0.39 is 8.24 Å². The van der Waals surface area contributed by atoms with E-state index in [1.807, 2.05) is 0 Å². The predicted octanol–water partition coefficient (Wildman–Crippen LogP) is 4.45. The molecule has 0 aromatic carbocycles. The van der Waals surface area contributed by atoms with Gasteiger partial charge in [-0.3, -0.25) is 0 Å². The lowest BCUT2D eigenvalue weighted by molar-refractivity contribution is 0.332. The van der Waals surface area contributed by atoms with E-state index in [4.69, 9.17) is 0 Å². The SMILES string of the molecule is CC(C)(C)N[Si](C)(C)C1=CC=C(N2CCCC2)C2CCCC12. The minimum atomic E-state index is -1.54. The van der Waals surface area contributed by atoms with Gasteiger partial charge in [-0.2, -0.15) is 0 Å². The number of nitrogens with one attached hydrogen (secondary N) is 1. The largest absolute Gasteiger partial charge is 0.375 e. The minimum Gasteiger partial charge on any atom is -0.375 e. The van der Waals surface area contributed by atoms with Crippen molar-refractivity contribution in [1.29, 1.82) is 0 Å². The summed E-state index contributed by atoms with van der Waals surface area (Å²) in [5, 5.41) is 1.77. The third-order valence-corrected chi connectivity index (χ3v) is 8.97. The van der Waals surface area contributed by atoms with Crippen molar-refractivity contribution in [2.24, 2.45) is 11.8 Å². The number of hydrogen-bond acceptors (Lipinski definition) is 2. The van der Waals surface area contributed by atoms with Crippen LogP contribution < -0.4 is 4.98 Å². The first-order valence-electron chi connectivity index (χ1n) is 9.24. The Morgan fingerprint density at radius 1 is 1.00 bits per heavy atom. The van der Waals surface area contributed by atoms with Crippen molar-refractivity contribution in [2.45, 2.75) is 71.5 Å². The molecule has 22 heavy (non-hydrogen) atoms. The van der Waals surface area contributed by atoms with Crippen LogP contribution in [0.1, 0.15) is 52.9 Å². The molecule has 2 unspecified atom stereocenters. The average Bonchev–Trinajstić information content (AvgIpc) is 3.06. The topological polar surface area (TPSA) is 15.3 Å². The first kappa shape index (κ1) is 16.3. The van der Waals surface area contributed by atoms with E-state index in [9.17, 15) is 0 Å². The Hall–Kier alpha value is -0.543. The van der Waals surface area contributed by atoms with Gasteiger partial charge in [0.15, 0.2) is 0 Å². The van der Waals surface area contributed by atoms with Gasteiger partial charge in [0.1, 0.15) is 8.24 Å². The van der Waals surface area contributed by atoms with Crippen molar-refractivity contribution < 1.29 is 0 Å². The van der Waals surface area contributed by atoms with Crippen LogP contribution in [0.3, 0.4) is 0 Å². The molecule has 1 saturated heterocycles. The third-order valence-electron chi connectivity index (χ3n) is 5.61. The van der Waals surface area contributed by atoms with Gasteiger partial charge in [-0.15, -0.1) is 0 Å². The zero-order chi connectivity index (χ0) is 16.0. The van der Waals surface area contributed by atoms with E-state index in [1.54, 1.807) is 10.9 Å². The minimum absolute atomic E-state index is 0.212. The summed E-state index contributed by atoms with van der Waals surface area (Å²) in [7, 11) is -1.54. The molecule has 2 atom stereocenters. The molecular formula is C19H34N2Si. The molecule has 0 aromatic rings. The van der Waals surface area contributed by atoms with Crippen LogP contribution in [-0.4, -0.2) is 31.8 Å². The van der Waals surface area contributed by atoms with Gasteiger partial charge < -0.3 is 9.88 Å². The van der Waals surface area contributed by atoms with Crippen molar-refractivity contribution in [2.75, 3.05) is 13.1 Å². The van der Waals surface area contributed by atoms with E-state index >= 15 is 0 Å². The standard InChI is InChI=1S/C19H34N2Si/c1-19(2,3)20-22(4,5)18-12-11-17(21-13-6-7-14-21)15-9-8-10-16(15)18/h11-12,15-16,20H,6-10,13-14H2,1-5H3. The average molecular weight is 319 g/mol. The molecule has 3 aliphatic rings. The van der Waals surface area contributed by atoms with Crippen molar-refractivity contribution in [3.8, 4) is 0 Å². The summed E-state index contributed by atoms with van der Waals surface area (Å²) in [6, 6.07) is 0. The second-order valence-corrected chi connectivity index (χ2v) is 13.1. The fourth-order valence-corrected chi connectivity index (χ4v) is 8.90. The molecule has 1 aliphatic heterocycles. The molecule has 2 nitrogen and oxygen atoms in total. The zero-order valence-electron chi connectivity index (χ0n) is 15.2. The number of allylic oxidation sites excluding steroid dienone is 4. The number of nitrogens with zero attached hydrogens (tertiary/aromatic N) is 1. The monoisotopic (exact) mass is 318 g/mol. The number of rotatable bonds is 3. The highest BCUT2D eigenvalue weighted by Crippen LogP contribution is 2.47. The van der Waals surface area contributed by atoms with Crippen molar-refractivity contribution in [3.63, 3.8) is 0 Å². The highest BCUT2D eigenvalue weighted by Gasteiger charge is 2.43. The second kappa shape index (κ2) is 5.83. The summed E-state index contributed by atoms with van der Waals surface area (Å²) < 4.78 is 0. The van der Waals surface area contributed by atoms with Crippen LogP contribution in [0.5, 0.6) is 0 Å². The molecule has 0 aromatic heterocycles. The van der Waals surface area contributed by atoms with Crippen molar-refractivity contribution in [3.05, 3.63) is 23.0 Å². The van der Waals surface area contributed by atoms with Crippen molar-refractivity contribution >= 4 is 8.24 Å². The summed E-state index contributed by atoms with van der Waals surface area (Å²) in [4.78, 5) is 6.67. The fourth-order valence-electron chi connectivity index (χ4n) is 5.11. The van der Waals surface area contributed by atoms with Crippen LogP contribution in [0.25, 0.3) is 0 Å². The summed E-state index contributed by atoms with van der Waals surface area (Å²) in [5.74, 6) is 1.63. The Balaban J connectivity index is 1.88. The van der Waals surface area contributed by atoms with Crippen LogP contribution in [-0.2, 0) is 0 Å². The Morgan fingerprint density at radius 2 is 1.64 bits per heavy atom. The Labute approximate surface area is 138 Å². The van der Waals surface area contributed by atoms with E-state index in [-0.39, 0.29) is 5.54 Å². The first-order chi connectivity index (χ1) is 10.3. The predicted molar refractivity (Wildman–Crippen MR) is 98.2 cm³/mol. The Morgan fingerprint density at radius 3 is 2.27 bits per heavy atom. The first-order valence-corrected chi connectivity index (χ1v) is 12.2. The summed E-state index contributed by atoms with van der Waals surface area (Å²) in [6.07, 6.45) is 12.0. The number of fused-ring (bicyclic) bond motifs is 1. The van der Waals surface area contributed by atoms with Crippen LogP contribution in [0.15, 0.2) is 23.0 Å². The highest BCUT2D eigenvalue weighted by molar-refractivity contribution is 6.82. The molecule has 3 rings (SSSR count). The van der Waals surface area contributed by atoms with Crippen LogP contribution in [0.4, 0.5) is 0 Å². The highest BCUT2D eigenvalue weighted by atomic mass is 28.3. The van der Waals surface area contributed by atoms with Gasteiger partial charge in [0.05, 0.1) is 0 Å². The van der Waals surface area contributed by atoms with Gasteiger partial charge in [0.2, 0.25) is 0 Å². The maximum Gasteiger partial charge on any atom is 0.148 e. The van der Waals surface area contributed by atoms with E-state index in [2.05, 4.69) is 55.9 Å². The molecule has 124 valence electrons. The maximum absolute atomic E-state index is 3.99. The van der Waals surface area contributed by atoms with Gasteiger partial charge in [-0.25, -0.2) is 0 Å². The Bertz CT molecular complexity index is 478. The molecule has 0 radical (unpaired) electrons. The van der Waals surface area contributed by atoms with Gasteiger partial charge in [0.25, 0.3) is 0 Å². The summed E-state index contributed by atoms with van der Waals surface area (Å²) >= 11 is 0. The fraction of sp³-hybridized carbons (Fsp3) is 0.789. The number of likely N-dealkylation sites (tertiary alicyclic amines) is 1. The molecule has 1 N–H and O–H groups in total. The van der Waals surface area contributed by atoms with Gasteiger partial charge in [0, 0.05) is 30.2 Å². The summed E-state index contributed by atoms with van der Waals surface area (Å²) in [6.45, 7) is 14.5. The second-order valence-electron chi connectivity index (χ2n) is 9.05. The molecule has 1 saturated carbocycles.